The van der Waals surface area contributed by atoms with Gasteiger partial charge in [-0.05, 0) is 19.8 Å². The van der Waals surface area contributed by atoms with Gasteiger partial charge in [0, 0.05) is 24.9 Å². The third-order valence-electron chi connectivity index (χ3n) is 2.14. The number of nitrogens with zero attached hydrogens (tertiary/aromatic N) is 1. The molecule has 1 rings (SSSR count). The smallest absolute Gasteiger partial charge is 0.0414 e. The van der Waals surface area contributed by atoms with Crippen LogP contribution in [0.4, 0.5) is 0 Å². The number of likely N-dealkylation sites (tertiary alicyclic amines) is 1. The predicted molar refractivity (Wildman–Crippen MR) is 51.6 cm³/mol. The molecule has 0 spiro atoms. The largest absolute Gasteiger partial charge is 0.294 e. The Bertz CT molecular complexity index is 160. The number of piperidine rings is 1. The van der Waals surface area contributed by atoms with Gasteiger partial charge in [-0.1, -0.05) is 0 Å². The van der Waals surface area contributed by atoms with Crippen molar-refractivity contribution < 1.29 is 0 Å². The first-order chi connectivity index (χ1) is 5.36. The Morgan fingerprint density at radius 1 is 1.45 bits per heavy atom. The van der Waals surface area contributed by atoms with Crippen LogP contribution in [0.15, 0.2) is 0 Å². The molecular formula is C9H15NS. The van der Waals surface area contributed by atoms with Crippen LogP contribution in [0.3, 0.4) is 0 Å². The van der Waals surface area contributed by atoms with Crippen LogP contribution >= 0.6 is 12.6 Å². The molecule has 0 aromatic carbocycles. The minimum atomic E-state index is 0.649. The zero-order valence-electron chi connectivity index (χ0n) is 7.01. The molecule has 1 nitrogen and oxygen atoms in total. The van der Waals surface area contributed by atoms with E-state index in [0.29, 0.717) is 5.92 Å². The Hall–Kier alpha value is -0.130. The van der Waals surface area contributed by atoms with Crippen molar-refractivity contribution in [1.82, 2.24) is 4.90 Å². The summed E-state index contributed by atoms with van der Waals surface area (Å²) in [6.07, 6.45) is 2.45. The predicted octanol–water partition coefficient (Wildman–Crippen LogP) is 1.61. The molecule has 11 heavy (non-hydrogen) atoms. The molecule has 1 aliphatic heterocycles. The first-order valence-corrected chi connectivity index (χ1v) is 4.75. The molecule has 1 heterocycles. The summed E-state index contributed by atoms with van der Waals surface area (Å²) in [5.41, 5.74) is 0. The van der Waals surface area contributed by atoms with Crippen molar-refractivity contribution in [2.75, 3.05) is 19.0 Å². The lowest BCUT2D eigenvalue weighted by Crippen LogP contribution is -2.32. The highest BCUT2D eigenvalue weighted by molar-refractivity contribution is 7.80. The monoisotopic (exact) mass is 169 g/mol. The maximum Gasteiger partial charge on any atom is 0.0414 e. The molecule has 62 valence electrons. The van der Waals surface area contributed by atoms with E-state index in [1.165, 1.54) is 25.9 Å². The van der Waals surface area contributed by atoms with Gasteiger partial charge in [-0.25, -0.2) is 0 Å². The molecule has 0 aromatic heterocycles. The molecule has 0 unspecified atom stereocenters. The van der Waals surface area contributed by atoms with Gasteiger partial charge in [-0.2, -0.15) is 12.6 Å². The van der Waals surface area contributed by atoms with Gasteiger partial charge < -0.3 is 0 Å². The lowest BCUT2D eigenvalue weighted by molar-refractivity contribution is 0.239. The van der Waals surface area contributed by atoms with E-state index in [1.54, 1.807) is 0 Å². The number of rotatable bonds is 1. The fourth-order valence-corrected chi connectivity index (χ4v) is 1.71. The molecule has 0 radical (unpaired) electrons. The quantitative estimate of drug-likeness (QED) is 0.461. The van der Waals surface area contributed by atoms with E-state index in [1.807, 2.05) is 6.92 Å². The normalized spacial score (nSPS) is 20.9. The van der Waals surface area contributed by atoms with Crippen LogP contribution in [0.2, 0.25) is 0 Å². The average molecular weight is 169 g/mol. The Kier molecular flexibility index (Phi) is 3.82. The number of hydrogen-bond donors (Lipinski definition) is 1. The van der Waals surface area contributed by atoms with Crippen molar-refractivity contribution >= 4 is 12.6 Å². The number of thiol groups is 1. The van der Waals surface area contributed by atoms with Crippen LogP contribution in [0.25, 0.3) is 0 Å². The minimum Gasteiger partial charge on any atom is -0.294 e. The summed E-state index contributed by atoms with van der Waals surface area (Å²) in [5.74, 6) is 7.75. The molecule has 1 fully saturated rings. The highest BCUT2D eigenvalue weighted by Crippen LogP contribution is 2.15. The molecule has 0 amide bonds. The summed E-state index contributed by atoms with van der Waals surface area (Å²) in [4.78, 5) is 2.36. The topological polar surface area (TPSA) is 3.24 Å². The lowest BCUT2D eigenvalue weighted by Gasteiger charge is -2.27. The second-order valence-corrected chi connectivity index (χ2v) is 3.21. The average Bonchev–Trinajstić information content (AvgIpc) is 2.07. The van der Waals surface area contributed by atoms with Crippen molar-refractivity contribution in [1.29, 1.82) is 0 Å². The summed E-state index contributed by atoms with van der Waals surface area (Å²) in [6.45, 7) is 4.26. The standard InChI is InChI=1S/C9H15NS/c1-2-3-9-4-6-10(8-11)7-5-9/h9,11H,4-8H2,1H3. The van der Waals surface area contributed by atoms with Gasteiger partial charge in [-0.3, -0.25) is 4.90 Å². The zero-order valence-corrected chi connectivity index (χ0v) is 7.90. The summed E-state index contributed by atoms with van der Waals surface area (Å²) in [6, 6.07) is 0. The summed E-state index contributed by atoms with van der Waals surface area (Å²) in [7, 11) is 0. The molecule has 0 atom stereocenters. The summed E-state index contributed by atoms with van der Waals surface area (Å²) < 4.78 is 0. The van der Waals surface area contributed by atoms with E-state index in [4.69, 9.17) is 0 Å². The van der Waals surface area contributed by atoms with E-state index in [0.717, 1.165) is 5.88 Å². The molecule has 0 N–H and O–H groups in total. The van der Waals surface area contributed by atoms with Gasteiger partial charge in [0.1, 0.15) is 0 Å². The minimum absolute atomic E-state index is 0.649. The van der Waals surface area contributed by atoms with E-state index >= 15 is 0 Å². The van der Waals surface area contributed by atoms with Gasteiger partial charge in [0.2, 0.25) is 0 Å². The fourth-order valence-electron chi connectivity index (χ4n) is 1.42. The number of hydrogen-bond acceptors (Lipinski definition) is 2. The van der Waals surface area contributed by atoms with Crippen LogP contribution in [-0.4, -0.2) is 23.9 Å². The molecule has 0 saturated carbocycles. The second kappa shape index (κ2) is 4.69. The SMILES string of the molecule is CC#CC1CCN(CS)CC1. The fraction of sp³-hybridized carbons (Fsp3) is 0.778. The van der Waals surface area contributed by atoms with Gasteiger partial charge in [-0.15, -0.1) is 11.8 Å². The maximum absolute atomic E-state index is 4.24. The van der Waals surface area contributed by atoms with Crippen molar-refractivity contribution in [3.05, 3.63) is 0 Å². The van der Waals surface area contributed by atoms with E-state index in [2.05, 4.69) is 29.4 Å². The van der Waals surface area contributed by atoms with Crippen LogP contribution in [0, 0.1) is 17.8 Å². The molecular weight excluding hydrogens is 154 g/mol. The molecule has 1 saturated heterocycles. The van der Waals surface area contributed by atoms with E-state index in [9.17, 15) is 0 Å². The third-order valence-corrected chi connectivity index (χ3v) is 2.54. The van der Waals surface area contributed by atoms with Crippen LogP contribution < -0.4 is 0 Å². The van der Waals surface area contributed by atoms with Crippen LogP contribution in [0.5, 0.6) is 0 Å². The third kappa shape index (κ3) is 2.76. The van der Waals surface area contributed by atoms with Crippen LogP contribution in [-0.2, 0) is 0 Å². The Balaban J connectivity index is 2.28. The van der Waals surface area contributed by atoms with Crippen molar-refractivity contribution in [2.45, 2.75) is 19.8 Å². The first-order valence-electron chi connectivity index (χ1n) is 4.12. The van der Waals surface area contributed by atoms with Crippen molar-refractivity contribution in [3.8, 4) is 11.8 Å². The molecule has 1 aliphatic rings. The zero-order chi connectivity index (χ0) is 8.10. The summed E-state index contributed by atoms with van der Waals surface area (Å²) >= 11 is 4.24. The van der Waals surface area contributed by atoms with Gasteiger partial charge >= 0.3 is 0 Å². The Morgan fingerprint density at radius 3 is 2.55 bits per heavy atom. The lowest BCUT2D eigenvalue weighted by atomic mass is 9.98. The van der Waals surface area contributed by atoms with Gasteiger partial charge in [0.05, 0.1) is 0 Å². The Morgan fingerprint density at radius 2 is 2.09 bits per heavy atom. The van der Waals surface area contributed by atoms with E-state index in [-0.39, 0.29) is 0 Å². The first kappa shape index (κ1) is 8.96. The van der Waals surface area contributed by atoms with Crippen molar-refractivity contribution in [2.24, 2.45) is 5.92 Å². The highest BCUT2D eigenvalue weighted by Gasteiger charge is 2.15. The second-order valence-electron chi connectivity index (χ2n) is 2.93. The maximum atomic E-state index is 4.24. The summed E-state index contributed by atoms with van der Waals surface area (Å²) in [5, 5.41) is 0. The molecule has 2 heteroatoms. The highest BCUT2D eigenvalue weighted by atomic mass is 32.1. The molecule has 0 bridgehead atoms. The van der Waals surface area contributed by atoms with Crippen molar-refractivity contribution in [3.63, 3.8) is 0 Å². The van der Waals surface area contributed by atoms with Gasteiger partial charge in [0.15, 0.2) is 0 Å². The molecule has 0 aliphatic carbocycles. The molecule has 0 aromatic rings. The van der Waals surface area contributed by atoms with E-state index < -0.39 is 0 Å². The van der Waals surface area contributed by atoms with Gasteiger partial charge in [0.25, 0.3) is 0 Å². The Labute approximate surface area is 74.6 Å². The van der Waals surface area contributed by atoms with Crippen LogP contribution in [0.1, 0.15) is 19.8 Å².